The zero-order valence-electron chi connectivity index (χ0n) is 18.4. The Hall–Kier alpha value is -3.79. The van der Waals surface area contributed by atoms with Gasteiger partial charge in [0.25, 0.3) is 10.0 Å². The van der Waals surface area contributed by atoms with E-state index in [0.29, 0.717) is 18.9 Å². The van der Waals surface area contributed by atoms with Gasteiger partial charge in [0.05, 0.1) is 12.8 Å². The van der Waals surface area contributed by atoms with Crippen LogP contribution in [0.4, 0.5) is 11.4 Å². The molecule has 174 valence electrons. The molecule has 0 aliphatic heterocycles. The number of nitrogens with one attached hydrogen (secondary N) is 1. The number of nitrogens with two attached hydrogens (primary N) is 1. The predicted molar refractivity (Wildman–Crippen MR) is 126 cm³/mol. The van der Waals surface area contributed by atoms with Gasteiger partial charge >= 0.3 is 0 Å². The molecule has 0 saturated heterocycles. The third kappa shape index (κ3) is 6.13. The molecular formula is C23H26N4O5S. The summed E-state index contributed by atoms with van der Waals surface area (Å²) in [5.74, 6) is -0.163. The molecule has 0 aliphatic carbocycles. The summed E-state index contributed by atoms with van der Waals surface area (Å²) in [7, 11) is -2.77. The molecule has 0 radical (unpaired) electrons. The highest BCUT2D eigenvalue weighted by atomic mass is 32.2. The average molecular weight is 471 g/mol. The molecule has 1 heterocycles. The number of methoxy groups -OCH3 is 1. The number of benzene rings is 2. The Balaban J connectivity index is 1.85. The molecule has 0 bridgehead atoms. The van der Waals surface area contributed by atoms with E-state index in [0.717, 1.165) is 15.6 Å². The lowest BCUT2D eigenvalue weighted by Crippen LogP contribution is -2.38. The van der Waals surface area contributed by atoms with Gasteiger partial charge in [0, 0.05) is 30.7 Å². The SMILES string of the molecule is COc1ccccc1S(=O)(=O)N(CC(N)=O)c1cc(C)cc(OCCNc2ccncc2)c1. The van der Waals surface area contributed by atoms with Crippen molar-refractivity contribution in [2.75, 3.05) is 36.4 Å². The first-order valence-corrected chi connectivity index (χ1v) is 11.6. The van der Waals surface area contributed by atoms with Crippen LogP contribution in [0.3, 0.4) is 0 Å². The van der Waals surface area contributed by atoms with E-state index in [1.54, 1.807) is 42.7 Å². The lowest BCUT2D eigenvalue weighted by atomic mass is 10.2. The van der Waals surface area contributed by atoms with E-state index in [9.17, 15) is 13.2 Å². The number of primary amides is 1. The molecule has 3 rings (SSSR count). The maximum Gasteiger partial charge on any atom is 0.268 e. The normalized spacial score (nSPS) is 11.0. The van der Waals surface area contributed by atoms with Gasteiger partial charge < -0.3 is 20.5 Å². The van der Waals surface area contributed by atoms with Crippen LogP contribution >= 0.6 is 0 Å². The third-order valence-electron chi connectivity index (χ3n) is 4.64. The van der Waals surface area contributed by atoms with E-state index in [1.807, 2.05) is 19.1 Å². The van der Waals surface area contributed by atoms with Crippen molar-refractivity contribution < 1.29 is 22.7 Å². The van der Waals surface area contributed by atoms with E-state index in [1.165, 1.54) is 19.2 Å². The van der Waals surface area contributed by atoms with E-state index < -0.39 is 22.5 Å². The third-order valence-corrected chi connectivity index (χ3v) is 6.45. The summed E-state index contributed by atoms with van der Waals surface area (Å²) in [5.41, 5.74) is 7.32. The highest BCUT2D eigenvalue weighted by Gasteiger charge is 2.29. The van der Waals surface area contributed by atoms with Crippen molar-refractivity contribution in [3.05, 3.63) is 72.6 Å². The van der Waals surface area contributed by atoms with Crippen molar-refractivity contribution in [2.24, 2.45) is 5.73 Å². The summed E-state index contributed by atoms with van der Waals surface area (Å²) >= 11 is 0. The van der Waals surface area contributed by atoms with Crippen LogP contribution in [0.1, 0.15) is 5.56 Å². The minimum absolute atomic E-state index is 0.0701. The van der Waals surface area contributed by atoms with Crippen LogP contribution in [0.15, 0.2) is 71.9 Å². The number of anilines is 2. The second-order valence-electron chi connectivity index (χ2n) is 7.14. The van der Waals surface area contributed by atoms with Gasteiger partial charge in [-0.2, -0.15) is 0 Å². The monoisotopic (exact) mass is 470 g/mol. The maximum absolute atomic E-state index is 13.5. The van der Waals surface area contributed by atoms with Gasteiger partial charge in [-0.05, 0) is 48.9 Å². The van der Waals surface area contributed by atoms with Crippen molar-refractivity contribution in [1.82, 2.24) is 4.98 Å². The van der Waals surface area contributed by atoms with Crippen molar-refractivity contribution >= 4 is 27.3 Å². The fraction of sp³-hybridized carbons (Fsp3) is 0.217. The molecule has 0 aliphatic rings. The van der Waals surface area contributed by atoms with Gasteiger partial charge in [0.15, 0.2) is 0 Å². The molecule has 9 nitrogen and oxygen atoms in total. The Morgan fingerprint density at radius 2 is 1.85 bits per heavy atom. The summed E-state index contributed by atoms with van der Waals surface area (Å²) in [6, 6.07) is 14.9. The molecule has 0 fully saturated rings. The number of aryl methyl sites for hydroxylation is 1. The second-order valence-corrected chi connectivity index (χ2v) is 8.97. The first kappa shape index (κ1) is 23.9. The number of hydrogen-bond acceptors (Lipinski definition) is 7. The first-order chi connectivity index (χ1) is 15.8. The summed E-state index contributed by atoms with van der Waals surface area (Å²) in [6.45, 7) is 2.13. The summed E-state index contributed by atoms with van der Waals surface area (Å²) in [4.78, 5) is 15.7. The minimum atomic E-state index is -4.15. The molecule has 0 atom stereocenters. The molecule has 1 aromatic heterocycles. The molecule has 0 unspecified atom stereocenters. The number of nitrogens with zero attached hydrogens (tertiary/aromatic N) is 2. The fourth-order valence-corrected chi connectivity index (χ4v) is 4.77. The Bertz CT molecular complexity index is 1200. The topological polar surface area (TPSA) is 124 Å². The van der Waals surface area contributed by atoms with Gasteiger partial charge in [0.1, 0.15) is 29.5 Å². The number of hydrogen-bond donors (Lipinski definition) is 2. The Morgan fingerprint density at radius 3 is 2.55 bits per heavy atom. The van der Waals surface area contributed by atoms with E-state index >= 15 is 0 Å². The maximum atomic E-state index is 13.5. The van der Waals surface area contributed by atoms with Gasteiger partial charge in [-0.15, -0.1) is 0 Å². The Kier molecular flexibility index (Phi) is 7.73. The minimum Gasteiger partial charge on any atom is -0.495 e. The van der Waals surface area contributed by atoms with Crippen molar-refractivity contribution in [3.8, 4) is 11.5 Å². The first-order valence-electron chi connectivity index (χ1n) is 10.1. The highest BCUT2D eigenvalue weighted by Crippen LogP contribution is 2.32. The van der Waals surface area contributed by atoms with E-state index in [-0.39, 0.29) is 16.3 Å². The molecule has 3 N–H and O–H groups in total. The zero-order valence-corrected chi connectivity index (χ0v) is 19.2. The fourth-order valence-electron chi connectivity index (χ4n) is 3.20. The number of carbonyl (C=O) groups is 1. The molecule has 33 heavy (non-hydrogen) atoms. The number of pyridine rings is 1. The lowest BCUT2D eigenvalue weighted by Gasteiger charge is -2.25. The number of ether oxygens (including phenoxy) is 2. The van der Waals surface area contributed by atoms with Crippen LogP contribution in [0.2, 0.25) is 0 Å². The average Bonchev–Trinajstić information content (AvgIpc) is 2.80. The Labute approximate surface area is 193 Å². The zero-order chi connectivity index (χ0) is 23.8. The molecule has 10 heteroatoms. The second kappa shape index (κ2) is 10.7. The van der Waals surface area contributed by atoms with Crippen molar-refractivity contribution in [1.29, 1.82) is 0 Å². The number of amides is 1. The number of sulfonamides is 1. The van der Waals surface area contributed by atoms with E-state index in [4.69, 9.17) is 15.2 Å². The molecule has 3 aromatic rings. The lowest BCUT2D eigenvalue weighted by molar-refractivity contribution is -0.116. The highest BCUT2D eigenvalue weighted by molar-refractivity contribution is 7.93. The van der Waals surface area contributed by atoms with Gasteiger partial charge in [-0.1, -0.05) is 12.1 Å². The van der Waals surface area contributed by atoms with Crippen LogP contribution in [0.25, 0.3) is 0 Å². The van der Waals surface area contributed by atoms with Gasteiger partial charge in [0.2, 0.25) is 5.91 Å². The van der Waals surface area contributed by atoms with E-state index in [2.05, 4.69) is 10.3 Å². The number of carbonyl (C=O) groups excluding carboxylic acids is 1. The molecule has 0 saturated carbocycles. The Morgan fingerprint density at radius 1 is 1.12 bits per heavy atom. The smallest absolute Gasteiger partial charge is 0.268 e. The molecular weight excluding hydrogens is 444 g/mol. The molecule has 0 spiro atoms. The van der Waals surface area contributed by atoms with Crippen LogP contribution in [0, 0.1) is 6.92 Å². The van der Waals surface area contributed by atoms with Crippen LogP contribution < -0.4 is 24.8 Å². The van der Waals surface area contributed by atoms with Crippen molar-refractivity contribution in [3.63, 3.8) is 0 Å². The number of aromatic nitrogens is 1. The van der Waals surface area contributed by atoms with Gasteiger partial charge in [-0.3, -0.25) is 14.1 Å². The van der Waals surface area contributed by atoms with Crippen LogP contribution in [-0.2, 0) is 14.8 Å². The summed E-state index contributed by atoms with van der Waals surface area (Å²) in [5, 5.41) is 3.21. The number of para-hydroxylation sites is 1. The summed E-state index contributed by atoms with van der Waals surface area (Å²) < 4.78 is 38.9. The van der Waals surface area contributed by atoms with Crippen LogP contribution in [0.5, 0.6) is 11.5 Å². The van der Waals surface area contributed by atoms with Gasteiger partial charge in [-0.25, -0.2) is 8.42 Å². The quantitative estimate of drug-likeness (QED) is 0.413. The standard InChI is InChI=1S/C23H26N4O5S/c1-17-13-19(15-20(14-17)32-12-11-26-18-7-9-25-10-8-18)27(16-23(24)28)33(29,30)22-6-4-3-5-21(22)31-2/h3-10,13-15H,11-12,16H2,1-2H3,(H2,24,28)(H,25,26). The van der Waals surface area contributed by atoms with Crippen LogP contribution in [-0.4, -0.2) is 46.1 Å². The number of rotatable bonds is 11. The largest absolute Gasteiger partial charge is 0.495 e. The molecule has 2 aromatic carbocycles. The van der Waals surface area contributed by atoms with Crippen molar-refractivity contribution in [2.45, 2.75) is 11.8 Å². The molecule has 1 amide bonds. The predicted octanol–water partition coefficient (Wildman–Crippen LogP) is 2.57. The summed E-state index contributed by atoms with van der Waals surface area (Å²) in [6.07, 6.45) is 3.37.